The number of aryl methyl sites for hydroxylation is 4. The van der Waals surface area contributed by atoms with Crippen LogP contribution < -0.4 is 11.1 Å². The van der Waals surface area contributed by atoms with E-state index in [1.165, 1.54) is 27.0 Å². The van der Waals surface area contributed by atoms with Gasteiger partial charge in [-0.15, -0.1) is 22.7 Å². The number of thiophene rings is 2. The van der Waals surface area contributed by atoms with Crippen molar-refractivity contribution < 1.29 is 14.7 Å². The van der Waals surface area contributed by atoms with E-state index < -0.39 is 16.8 Å². The fourth-order valence-corrected chi connectivity index (χ4v) is 6.73. The maximum atomic E-state index is 12.8. The number of rotatable bonds is 8. The van der Waals surface area contributed by atoms with Crippen molar-refractivity contribution in [2.75, 3.05) is 0 Å². The molecule has 0 saturated heterocycles. The number of carboxylic acid groups (broad SMARTS) is 1. The molecule has 0 aromatic carbocycles. The molecule has 6 aromatic heterocycles. The fourth-order valence-electron chi connectivity index (χ4n) is 4.56. The first-order chi connectivity index (χ1) is 24.9. The second-order valence-electron chi connectivity index (χ2n) is 14.1. The van der Waals surface area contributed by atoms with Gasteiger partial charge in [-0.25, -0.2) is 4.68 Å². The van der Waals surface area contributed by atoms with Crippen LogP contribution in [0, 0.1) is 10.8 Å². The molecular weight excluding hydrogens is 755 g/mol. The number of H-pyrrole nitrogens is 3. The molecule has 0 amide bonds. The molecule has 0 unspecified atom stereocenters. The minimum Gasteiger partial charge on any atom is -0.481 e. The van der Waals surface area contributed by atoms with Crippen molar-refractivity contribution in [3.63, 3.8) is 0 Å². The molecule has 0 fully saturated rings. The average molecular weight is 798 g/mol. The highest BCUT2D eigenvalue weighted by Crippen LogP contribution is 2.26. The second kappa shape index (κ2) is 18.0. The van der Waals surface area contributed by atoms with Crippen LogP contribution in [-0.4, -0.2) is 46.9 Å². The number of aromatic nitrogens is 6. The Labute approximate surface area is 325 Å². The Balaban J connectivity index is 0.000000205. The molecule has 6 rings (SSSR count). The quantitative estimate of drug-likeness (QED) is 0.119. The van der Waals surface area contributed by atoms with Gasteiger partial charge in [-0.1, -0.05) is 44.0 Å². The first-order valence-corrected chi connectivity index (χ1v) is 19.1. The summed E-state index contributed by atoms with van der Waals surface area (Å²) in [6.07, 6.45) is 6.43. The molecule has 6 aromatic rings. The zero-order chi connectivity index (χ0) is 38.9. The predicted molar refractivity (Wildman–Crippen MR) is 214 cm³/mol. The number of carbonyl (C=O) groups is 2. The summed E-state index contributed by atoms with van der Waals surface area (Å²) >= 11 is 15.0. The summed E-state index contributed by atoms with van der Waals surface area (Å²) in [5.41, 5.74) is 3.32. The average Bonchev–Trinajstić information content (AvgIpc) is 3.90. The molecule has 0 radical (unpaired) electrons. The van der Waals surface area contributed by atoms with Crippen molar-refractivity contribution in [2.45, 2.75) is 67.2 Å². The molecule has 0 atom stereocenters. The number of aliphatic carboxylic acids is 1. The lowest BCUT2D eigenvalue weighted by molar-refractivity contribution is -0.145. The minimum atomic E-state index is -0.757. The molecule has 0 aliphatic rings. The van der Waals surface area contributed by atoms with Gasteiger partial charge in [0.25, 0.3) is 5.91 Å². The number of hydrogen-bond donors (Lipinski definition) is 4. The number of carboxylic acids is 1. The van der Waals surface area contributed by atoms with Gasteiger partial charge in [0.05, 0.1) is 25.5 Å². The Kier molecular flexibility index (Phi) is 14.0. The highest BCUT2D eigenvalue weighted by Gasteiger charge is 2.27. The second-order valence-corrected chi connectivity index (χ2v) is 17.7. The van der Waals surface area contributed by atoms with Crippen LogP contribution in [0.4, 0.5) is 0 Å². The van der Waals surface area contributed by atoms with Gasteiger partial charge in [-0.3, -0.25) is 24.3 Å². The van der Waals surface area contributed by atoms with E-state index in [2.05, 4.69) is 25.3 Å². The Morgan fingerprint density at radius 2 is 1.23 bits per heavy atom. The van der Waals surface area contributed by atoms with Gasteiger partial charge in [0.1, 0.15) is 0 Å². The Hall–Kier alpha value is -4.56. The largest absolute Gasteiger partial charge is 0.481 e. The standard InChI is InChI=1S/C19H20ClN3O2S.C14H12ClN3OS.C5H10O2/c1-19(2,3)18(25)23-13(4-5-14-6-7-16(20)26-14)11-15(22-23)12-8-9-21-17(24)10-12;15-13-4-3-11(20-13)2-1-10-8-12(18-17-10)9-5-6-16-14(19)7-9;1-5(2,3)4(6)7/h6-11H,4-5H2,1-3H3,(H,21,24);3-8H,1-2H2,(H,16,19)(H,17,18);1-3H3,(H,6,7). The minimum absolute atomic E-state index is 0.0761. The molecule has 0 saturated carbocycles. The first kappa shape index (κ1) is 41.2. The van der Waals surface area contributed by atoms with Crippen molar-refractivity contribution in [1.82, 2.24) is 29.9 Å². The van der Waals surface area contributed by atoms with Crippen molar-refractivity contribution in [3.05, 3.63) is 124 Å². The number of hydrogen-bond acceptors (Lipinski definition) is 8. The van der Waals surface area contributed by atoms with E-state index in [-0.39, 0.29) is 17.0 Å². The van der Waals surface area contributed by atoms with E-state index in [4.69, 9.17) is 28.3 Å². The number of carbonyl (C=O) groups excluding carboxylic acids is 1. The van der Waals surface area contributed by atoms with Crippen molar-refractivity contribution in [2.24, 2.45) is 10.8 Å². The predicted octanol–water partition coefficient (Wildman–Crippen LogP) is 8.81. The molecule has 0 aliphatic heterocycles. The van der Waals surface area contributed by atoms with Gasteiger partial charge in [-0.2, -0.15) is 10.2 Å². The summed E-state index contributed by atoms with van der Waals surface area (Å²) in [6.45, 7) is 10.6. The van der Waals surface area contributed by atoms with Gasteiger partial charge >= 0.3 is 5.97 Å². The van der Waals surface area contributed by atoms with Crippen LogP contribution in [0.1, 0.15) is 67.5 Å². The lowest BCUT2D eigenvalue weighted by Crippen LogP contribution is -2.29. The highest BCUT2D eigenvalue weighted by atomic mass is 35.5. The fraction of sp³-hybridized carbons (Fsp3) is 0.316. The van der Waals surface area contributed by atoms with Crippen molar-refractivity contribution >= 4 is 57.8 Å². The van der Waals surface area contributed by atoms with E-state index in [0.717, 1.165) is 55.5 Å². The maximum Gasteiger partial charge on any atom is 0.308 e. The SMILES string of the molecule is CC(C)(C)C(=O)O.CC(C)(C)C(=O)n1nc(-c2cc[nH]c(=O)c2)cc1CCc1ccc(Cl)s1.O=c1cc(-c2cc(CCc3ccc(Cl)s3)[nH]n2)cc[nH]1. The van der Waals surface area contributed by atoms with Crippen LogP contribution in [0.15, 0.2) is 82.6 Å². The molecule has 6 heterocycles. The Bertz CT molecular complexity index is 2270. The summed E-state index contributed by atoms with van der Waals surface area (Å²) in [4.78, 5) is 53.3. The van der Waals surface area contributed by atoms with Crippen LogP contribution in [-0.2, 0) is 30.5 Å². The van der Waals surface area contributed by atoms with Gasteiger partial charge in [0.2, 0.25) is 11.1 Å². The summed E-state index contributed by atoms with van der Waals surface area (Å²) in [7, 11) is 0. The molecule has 11 nitrogen and oxygen atoms in total. The number of nitrogens with zero attached hydrogens (tertiary/aromatic N) is 3. The lowest BCUT2D eigenvalue weighted by Gasteiger charge is -2.17. The van der Waals surface area contributed by atoms with E-state index in [9.17, 15) is 19.2 Å². The zero-order valence-corrected chi connectivity index (χ0v) is 33.4. The monoisotopic (exact) mass is 796 g/mol. The van der Waals surface area contributed by atoms with Crippen LogP contribution in [0.2, 0.25) is 8.67 Å². The molecule has 4 N–H and O–H groups in total. The third-order valence-corrected chi connectivity index (χ3v) is 10.1. The Morgan fingerprint density at radius 1 is 0.717 bits per heavy atom. The van der Waals surface area contributed by atoms with Crippen molar-refractivity contribution in [3.8, 4) is 22.5 Å². The Morgan fingerprint density at radius 3 is 1.68 bits per heavy atom. The van der Waals surface area contributed by atoms with Gasteiger partial charge < -0.3 is 15.1 Å². The molecule has 0 bridgehead atoms. The molecule has 0 aliphatic carbocycles. The van der Waals surface area contributed by atoms with Crippen LogP contribution in [0.5, 0.6) is 0 Å². The summed E-state index contributed by atoms with van der Waals surface area (Å²) in [6, 6.07) is 18.3. The summed E-state index contributed by atoms with van der Waals surface area (Å²) in [5.74, 6) is -0.833. The smallest absolute Gasteiger partial charge is 0.308 e. The van der Waals surface area contributed by atoms with Gasteiger partial charge in [0.15, 0.2) is 0 Å². The molecular formula is C38H42Cl2N6O5S2. The van der Waals surface area contributed by atoms with Gasteiger partial charge in [-0.05, 0) is 95.0 Å². The molecule has 280 valence electrons. The number of halogens is 2. The third kappa shape index (κ3) is 12.5. The number of nitrogens with one attached hydrogen (secondary N) is 3. The summed E-state index contributed by atoms with van der Waals surface area (Å²) in [5, 5.41) is 20.0. The van der Waals surface area contributed by atoms with Crippen LogP contribution in [0.3, 0.4) is 0 Å². The lowest BCUT2D eigenvalue weighted by atomic mass is 9.95. The van der Waals surface area contributed by atoms with E-state index in [1.807, 2.05) is 63.2 Å². The van der Waals surface area contributed by atoms with E-state index in [0.29, 0.717) is 17.7 Å². The van der Waals surface area contributed by atoms with Crippen LogP contribution in [0.25, 0.3) is 22.5 Å². The molecule has 53 heavy (non-hydrogen) atoms. The van der Waals surface area contributed by atoms with E-state index >= 15 is 0 Å². The number of aromatic amines is 3. The van der Waals surface area contributed by atoms with E-state index in [1.54, 1.807) is 56.6 Å². The third-order valence-electron chi connectivity index (χ3n) is 7.56. The maximum absolute atomic E-state index is 12.8. The molecule has 15 heteroatoms. The first-order valence-electron chi connectivity index (χ1n) is 16.7. The van der Waals surface area contributed by atoms with Crippen LogP contribution >= 0.6 is 45.9 Å². The normalized spacial score (nSPS) is 11.3. The van der Waals surface area contributed by atoms with Crippen molar-refractivity contribution in [1.29, 1.82) is 0 Å². The number of pyridine rings is 2. The summed E-state index contributed by atoms with van der Waals surface area (Å²) < 4.78 is 3.04. The highest BCUT2D eigenvalue weighted by molar-refractivity contribution is 7.16. The zero-order valence-electron chi connectivity index (χ0n) is 30.3. The molecule has 0 spiro atoms. The van der Waals surface area contributed by atoms with Gasteiger partial charge in [0, 0.05) is 62.2 Å². The topological polar surface area (TPSA) is 167 Å².